The summed E-state index contributed by atoms with van der Waals surface area (Å²) in [5.41, 5.74) is 4.88. The van der Waals surface area contributed by atoms with Crippen LogP contribution in [0.2, 0.25) is 0 Å². The Labute approximate surface area is 142 Å². The maximum atomic E-state index is 11.9. The van der Waals surface area contributed by atoms with Crippen molar-refractivity contribution in [3.8, 4) is 5.75 Å². The van der Waals surface area contributed by atoms with E-state index < -0.39 is 25.8 Å². The van der Waals surface area contributed by atoms with Crippen molar-refractivity contribution in [1.82, 2.24) is 9.55 Å². The first kappa shape index (κ1) is 17.4. The highest BCUT2D eigenvalue weighted by molar-refractivity contribution is 7.47. The quantitative estimate of drug-likeness (QED) is 0.582. The first-order valence-electron chi connectivity index (χ1n) is 7.33. The van der Waals surface area contributed by atoms with Crippen LogP contribution in [0.15, 0.2) is 59.5 Å². The van der Waals surface area contributed by atoms with Crippen LogP contribution in [0.1, 0.15) is 6.23 Å². The van der Waals surface area contributed by atoms with Gasteiger partial charge < -0.3 is 15.0 Å². The van der Waals surface area contributed by atoms with Gasteiger partial charge in [0, 0.05) is 6.20 Å². The molecule has 3 rings (SSSR count). The Balaban J connectivity index is 1.56. The van der Waals surface area contributed by atoms with Crippen molar-refractivity contribution in [3.05, 3.63) is 65.2 Å². The molecule has 0 fully saturated rings. The van der Waals surface area contributed by atoms with Crippen LogP contribution in [-0.4, -0.2) is 27.2 Å². The minimum atomic E-state index is -4.29. The van der Waals surface area contributed by atoms with Crippen molar-refractivity contribution in [2.75, 3.05) is 12.3 Å². The summed E-state index contributed by atoms with van der Waals surface area (Å²) in [5, 5.41) is 0. The lowest BCUT2D eigenvalue weighted by molar-refractivity contribution is -0.00980. The van der Waals surface area contributed by atoms with E-state index in [9.17, 15) is 14.3 Å². The summed E-state index contributed by atoms with van der Waals surface area (Å²) in [6.07, 6.45) is 3.39. The average Bonchev–Trinajstić information content (AvgIpc) is 3.02. The topological polar surface area (TPSA) is 126 Å². The molecule has 1 aromatic carbocycles. The molecule has 10 heteroatoms. The van der Waals surface area contributed by atoms with Gasteiger partial charge >= 0.3 is 13.5 Å². The van der Waals surface area contributed by atoms with Gasteiger partial charge in [-0.15, -0.1) is 0 Å². The van der Waals surface area contributed by atoms with E-state index in [-0.39, 0.29) is 18.2 Å². The second-order valence-electron chi connectivity index (χ2n) is 5.16. The molecule has 0 amide bonds. The maximum Gasteiger partial charge on any atom is 0.527 e. The average molecular weight is 365 g/mol. The molecule has 1 unspecified atom stereocenters. The van der Waals surface area contributed by atoms with Gasteiger partial charge in [0.05, 0.1) is 6.61 Å². The number of hydrogen-bond donors (Lipinski definition) is 2. The third-order valence-electron chi connectivity index (χ3n) is 3.30. The van der Waals surface area contributed by atoms with Crippen LogP contribution in [0.3, 0.4) is 0 Å². The van der Waals surface area contributed by atoms with Crippen molar-refractivity contribution >= 4 is 13.6 Å². The molecule has 0 bridgehead atoms. The molecule has 3 atom stereocenters. The SMILES string of the molecule is Nc1ccn([C@H]2C=C[C@@H](COP(=O)(O)Oc3ccccc3)O2)c(=O)n1. The van der Waals surface area contributed by atoms with E-state index in [0.29, 0.717) is 0 Å². The van der Waals surface area contributed by atoms with Gasteiger partial charge in [-0.1, -0.05) is 24.3 Å². The largest absolute Gasteiger partial charge is 0.527 e. The van der Waals surface area contributed by atoms with E-state index >= 15 is 0 Å². The summed E-state index contributed by atoms with van der Waals surface area (Å²) in [6.45, 7) is -0.217. The fourth-order valence-corrected chi connectivity index (χ4v) is 2.95. The van der Waals surface area contributed by atoms with Crippen LogP contribution in [0.25, 0.3) is 0 Å². The number of anilines is 1. The molecule has 2 aromatic rings. The summed E-state index contributed by atoms with van der Waals surface area (Å²) in [5.74, 6) is 0.330. The highest BCUT2D eigenvalue weighted by Crippen LogP contribution is 2.44. The molecule has 0 saturated heterocycles. The number of nitrogen functional groups attached to an aromatic ring is 1. The van der Waals surface area contributed by atoms with Crippen LogP contribution < -0.4 is 15.9 Å². The predicted octanol–water partition coefficient (Wildman–Crippen LogP) is 1.48. The van der Waals surface area contributed by atoms with Gasteiger partial charge in [-0.25, -0.2) is 9.36 Å². The van der Waals surface area contributed by atoms with Crippen molar-refractivity contribution in [2.24, 2.45) is 0 Å². The van der Waals surface area contributed by atoms with E-state index in [1.807, 2.05) is 0 Å². The zero-order valence-corrected chi connectivity index (χ0v) is 13.9. The summed E-state index contributed by atoms with van der Waals surface area (Å²) in [6, 6.07) is 9.63. The van der Waals surface area contributed by atoms with Crippen molar-refractivity contribution in [2.45, 2.75) is 12.3 Å². The molecule has 0 spiro atoms. The smallest absolute Gasteiger partial charge is 0.404 e. The van der Waals surface area contributed by atoms with Gasteiger partial charge in [0.15, 0.2) is 6.23 Å². The Morgan fingerprint density at radius 3 is 2.76 bits per heavy atom. The third-order valence-corrected chi connectivity index (χ3v) is 4.21. The number of phosphoric ester groups is 1. The molecule has 1 aliphatic heterocycles. The lowest BCUT2D eigenvalue weighted by Crippen LogP contribution is -2.28. The fourth-order valence-electron chi connectivity index (χ4n) is 2.17. The molecule has 25 heavy (non-hydrogen) atoms. The van der Waals surface area contributed by atoms with Crippen molar-refractivity contribution in [3.63, 3.8) is 0 Å². The molecular formula is C15H16N3O6P. The number of ether oxygens (including phenoxy) is 1. The van der Waals surface area contributed by atoms with Gasteiger partial charge in [0.25, 0.3) is 0 Å². The summed E-state index contributed by atoms with van der Waals surface area (Å²) in [7, 11) is -4.29. The lowest BCUT2D eigenvalue weighted by Gasteiger charge is -2.18. The van der Waals surface area contributed by atoms with Gasteiger partial charge in [-0.05, 0) is 24.3 Å². The Morgan fingerprint density at radius 1 is 1.28 bits per heavy atom. The molecule has 132 valence electrons. The molecule has 3 N–H and O–H groups in total. The normalized spacial score (nSPS) is 21.8. The highest BCUT2D eigenvalue weighted by atomic mass is 31.2. The van der Waals surface area contributed by atoms with Crippen LogP contribution >= 0.6 is 7.82 Å². The van der Waals surface area contributed by atoms with E-state index in [1.54, 1.807) is 30.4 Å². The number of benzene rings is 1. The monoisotopic (exact) mass is 365 g/mol. The minimum Gasteiger partial charge on any atom is -0.404 e. The predicted molar refractivity (Wildman–Crippen MR) is 88.8 cm³/mol. The number of rotatable bonds is 6. The van der Waals surface area contributed by atoms with Crippen LogP contribution in [0, 0.1) is 0 Å². The zero-order chi connectivity index (χ0) is 17.9. The molecule has 0 radical (unpaired) electrons. The molecule has 1 aromatic heterocycles. The van der Waals surface area contributed by atoms with Crippen LogP contribution in [0.5, 0.6) is 5.75 Å². The van der Waals surface area contributed by atoms with Crippen LogP contribution in [-0.2, 0) is 13.8 Å². The van der Waals surface area contributed by atoms with E-state index in [2.05, 4.69) is 4.98 Å². The summed E-state index contributed by atoms with van der Waals surface area (Å²) in [4.78, 5) is 25.1. The minimum absolute atomic E-state index is 0.113. The van der Waals surface area contributed by atoms with Gasteiger partial charge in [-0.3, -0.25) is 14.0 Å². The number of nitrogens with zero attached hydrogens (tertiary/aromatic N) is 2. The fraction of sp³-hybridized carbons (Fsp3) is 0.200. The zero-order valence-electron chi connectivity index (χ0n) is 13.0. The number of nitrogens with two attached hydrogens (primary N) is 1. The van der Waals surface area contributed by atoms with E-state index in [0.717, 1.165) is 0 Å². The second-order valence-corrected chi connectivity index (χ2v) is 6.54. The first-order valence-corrected chi connectivity index (χ1v) is 8.83. The van der Waals surface area contributed by atoms with Gasteiger partial charge in [0.2, 0.25) is 0 Å². The number of aromatic nitrogens is 2. The molecule has 9 nitrogen and oxygen atoms in total. The summed E-state index contributed by atoms with van der Waals surface area (Å²) >= 11 is 0. The second kappa shape index (κ2) is 7.20. The molecular weight excluding hydrogens is 349 g/mol. The first-order chi connectivity index (χ1) is 11.9. The molecule has 0 saturated carbocycles. The maximum absolute atomic E-state index is 11.9. The lowest BCUT2D eigenvalue weighted by atomic mass is 10.3. The van der Waals surface area contributed by atoms with Crippen LogP contribution in [0.4, 0.5) is 5.82 Å². The van der Waals surface area contributed by atoms with Crippen molar-refractivity contribution < 1.29 is 23.2 Å². The molecule has 1 aliphatic rings. The van der Waals surface area contributed by atoms with E-state index in [1.165, 1.54) is 29.0 Å². The number of hydrogen-bond acceptors (Lipinski definition) is 7. The van der Waals surface area contributed by atoms with Gasteiger partial charge in [-0.2, -0.15) is 4.98 Å². The highest BCUT2D eigenvalue weighted by Gasteiger charge is 2.28. The van der Waals surface area contributed by atoms with E-state index in [4.69, 9.17) is 19.5 Å². The Hall–Kier alpha value is -2.45. The third kappa shape index (κ3) is 4.55. The Morgan fingerprint density at radius 2 is 2.04 bits per heavy atom. The standard InChI is InChI=1S/C15H16N3O6P/c16-13-8-9-18(15(19)17-13)14-7-6-12(23-14)10-22-25(20,21)24-11-4-2-1-3-5-11/h1-9,12,14H,10H2,(H,20,21)(H2,16,17,19)/t12-,14+/m0/s1. The molecule has 0 aliphatic carbocycles. The summed E-state index contributed by atoms with van der Waals surface area (Å²) < 4.78 is 28.6. The number of phosphoric acid groups is 1. The van der Waals surface area contributed by atoms with Crippen molar-refractivity contribution in [1.29, 1.82) is 0 Å². The Kier molecular flexibility index (Phi) is 5.00. The van der Waals surface area contributed by atoms with Gasteiger partial charge in [0.1, 0.15) is 17.7 Å². The Bertz CT molecular complexity index is 869. The molecule has 2 heterocycles. The number of para-hydroxylation sites is 1.